The largest absolute Gasteiger partial charge is 0.460 e. The second-order valence-electron chi connectivity index (χ2n) is 4.60. The molecule has 0 spiro atoms. The molecule has 0 aliphatic carbocycles. The van der Waals surface area contributed by atoms with E-state index in [1.807, 2.05) is 0 Å². The predicted octanol–water partition coefficient (Wildman–Crippen LogP) is 6.96. The topological polar surface area (TPSA) is 12.9 Å². The van der Waals surface area contributed by atoms with E-state index in [1.165, 1.54) is 24.5 Å². The Balaban J connectivity index is 2.57. The number of hydrogen-bond donors (Lipinski definition) is 0. The molecule has 1 heterocycles. The zero-order valence-corrected chi connectivity index (χ0v) is 15.6. The smallest absolute Gasteiger partial charge is 0.264 e. The van der Waals surface area contributed by atoms with Crippen LogP contribution in [0.1, 0.15) is 0 Å². The first kappa shape index (κ1) is 20.5. The maximum absolute atomic E-state index is 13.8. The molecule has 0 atom stereocenters. The van der Waals surface area contributed by atoms with E-state index in [0.717, 1.165) is 6.07 Å². The van der Waals surface area contributed by atoms with E-state index in [1.54, 1.807) is 0 Å². The molecule has 0 saturated heterocycles. The Labute approximate surface area is 158 Å². The third-order valence-electron chi connectivity index (χ3n) is 2.86. The molecule has 0 bridgehead atoms. The molecule has 11 heteroatoms. The van der Waals surface area contributed by atoms with Gasteiger partial charge >= 0.3 is 17.4 Å². The zero-order chi connectivity index (χ0) is 19.0. The zero-order valence-electron chi connectivity index (χ0n) is 11.6. The Morgan fingerprint density at radius 1 is 1.04 bits per heavy atom. The minimum absolute atomic E-state index is 0.0288. The molecular weight excluding hydrogens is 507 g/mol. The van der Waals surface area contributed by atoms with Crippen LogP contribution in [0, 0.1) is 6.07 Å². The molecule has 0 aliphatic rings. The van der Waals surface area contributed by atoms with Gasteiger partial charge < -0.3 is 0 Å². The van der Waals surface area contributed by atoms with Gasteiger partial charge in [-0.05, 0) is 39.8 Å². The SMILES string of the molecule is FC(F)(F)C(F)(F)C(F)(F)Sc1cc(Br)[c]c(Br)c1-c1cccnc1. The van der Waals surface area contributed by atoms with Gasteiger partial charge in [-0.15, -0.1) is 0 Å². The summed E-state index contributed by atoms with van der Waals surface area (Å²) in [7, 11) is 0. The van der Waals surface area contributed by atoms with Crippen LogP contribution in [0.25, 0.3) is 11.1 Å². The average Bonchev–Trinajstić information content (AvgIpc) is 2.45. The summed E-state index contributed by atoms with van der Waals surface area (Å²) >= 11 is 5.12. The standard InChI is InChI=1S/C14H5Br2F7NS/c15-8-4-9(16)11(7-2-1-3-24-6-7)10(5-8)25-14(22,23)12(17,18)13(19,20)21/h1-3,5-6H. The van der Waals surface area contributed by atoms with Crippen molar-refractivity contribution in [3.63, 3.8) is 0 Å². The summed E-state index contributed by atoms with van der Waals surface area (Å²) in [5, 5.41) is -5.43. The molecule has 2 aromatic rings. The molecule has 0 unspecified atom stereocenters. The molecular formula is C14H5Br2F7NS. The van der Waals surface area contributed by atoms with Crippen molar-refractivity contribution in [1.82, 2.24) is 4.98 Å². The molecule has 0 fully saturated rings. The van der Waals surface area contributed by atoms with Crippen LogP contribution in [0.2, 0.25) is 0 Å². The number of alkyl halides is 7. The van der Waals surface area contributed by atoms with Gasteiger partial charge in [-0.25, -0.2) is 0 Å². The highest BCUT2D eigenvalue weighted by molar-refractivity contribution is 9.11. The molecule has 1 radical (unpaired) electrons. The maximum Gasteiger partial charge on any atom is 0.460 e. The summed E-state index contributed by atoms with van der Waals surface area (Å²) in [6.07, 6.45) is -3.75. The highest BCUT2D eigenvalue weighted by Gasteiger charge is 2.73. The van der Waals surface area contributed by atoms with Crippen LogP contribution in [-0.4, -0.2) is 22.3 Å². The van der Waals surface area contributed by atoms with Crippen LogP contribution in [0.4, 0.5) is 30.7 Å². The van der Waals surface area contributed by atoms with Gasteiger partial charge in [0.15, 0.2) is 0 Å². The first-order chi connectivity index (χ1) is 11.4. The van der Waals surface area contributed by atoms with E-state index in [4.69, 9.17) is 0 Å². The highest BCUT2D eigenvalue weighted by Crippen LogP contribution is 2.55. The van der Waals surface area contributed by atoms with E-state index in [2.05, 4.69) is 42.9 Å². The van der Waals surface area contributed by atoms with Crippen LogP contribution >= 0.6 is 43.6 Å². The third kappa shape index (κ3) is 4.13. The van der Waals surface area contributed by atoms with Crippen molar-refractivity contribution in [2.45, 2.75) is 22.2 Å². The second kappa shape index (κ2) is 7.07. The van der Waals surface area contributed by atoms with Gasteiger partial charge in [-0.2, -0.15) is 30.7 Å². The fourth-order valence-electron chi connectivity index (χ4n) is 1.73. The Bertz CT molecular complexity index is 766. The van der Waals surface area contributed by atoms with Gasteiger partial charge in [-0.1, -0.05) is 22.0 Å². The molecule has 25 heavy (non-hydrogen) atoms. The third-order valence-corrected chi connectivity index (χ3v) is 4.94. The molecule has 1 aromatic carbocycles. The molecule has 2 rings (SSSR count). The van der Waals surface area contributed by atoms with Crippen molar-refractivity contribution in [2.24, 2.45) is 0 Å². The van der Waals surface area contributed by atoms with Crippen molar-refractivity contribution >= 4 is 43.6 Å². The van der Waals surface area contributed by atoms with Crippen LogP contribution in [0.15, 0.2) is 44.4 Å². The summed E-state index contributed by atoms with van der Waals surface area (Å²) in [5.74, 6) is -6.21. The van der Waals surface area contributed by atoms with Gasteiger partial charge in [0, 0.05) is 43.4 Å². The van der Waals surface area contributed by atoms with Crippen LogP contribution in [0.5, 0.6) is 0 Å². The van der Waals surface area contributed by atoms with Crippen molar-refractivity contribution in [3.8, 4) is 11.1 Å². The van der Waals surface area contributed by atoms with Crippen LogP contribution < -0.4 is 0 Å². The molecule has 0 N–H and O–H groups in total. The van der Waals surface area contributed by atoms with Crippen molar-refractivity contribution < 1.29 is 30.7 Å². The number of hydrogen-bond acceptors (Lipinski definition) is 2. The number of rotatable bonds is 4. The molecule has 1 nitrogen and oxygen atoms in total. The maximum atomic E-state index is 13.8. The molecule has 1 aromatic heterocycles. The number of thioether (sulfide) groups is 1. The van der Waals surface area contributed by atoms with E-state index < -0.39 is 34.0 Å². The van der Waals surface area contributed by atoms with Gasteiger partial charge in [-0.3, -0.25) is 4.98 Å². The predicted molar refractivity (Wildman–Crippen MR) is 85.7 cm³/mol. The van der Waals surface area contributed by atoms with Gasteiger partial charge in [0.2, 0.25) is 0 Å². The first-order valence-electron chi connectivity index (χ1n) is 6.20. The highest BCUT2D eigenvalue weighted by atomic mass is 79.9. The van der Waals surface area contributed by atoms with Gasteiger partial charge in [0.1, 0.15) is 0 Å². The normalized spacial score (nSPS) is 13.2. The molecule has 135 valence electrons. The molecule has 0 amide bonds. The van der Waals surface area contributed by atoms with Gasteiger partial charge in [0.25, 0.3) is 0 Å². The fourth-order valence-corrected chi connectivity index (χ4v) is 4.38. The second-order valence-corrected chi connectivity index (χ2v) is 7.41. The Kier molecular flexibility index (Phi) is 5.80. The van der Waals surface area contributed by atoms with E-state index in [0.29, 0.717) is 0 Å². The van der Waals surface area contributed by atoms with Crippen molar-refractivity contribution in [1.29, 1.82) is 0 Å². The molecule has 0 saturated carbocycles. The molecule has 0 aliphatic heterocycles. The first-order valence-corrected chi connectivity index (χ1v) is 8.60. The van der Waals surface area contributed by atoms with Crippen molar-refractivity contribution in [3.05, 3.63) is 45.6 Å². The van der Waals surface area contributed by atoms with E-state index in [9.17, 15) is 30.7 Å². The van der Waals surface area contributed by atoms with E-state index >= 15 is 0 Å². The number of benzene rings is 1. The van der Waals surface area contributed by atoms with Crippen molar-refractivity contribution in [2.75, 3.05) is 0 Å². The quantitative estimate of drug-likeness (QED) is 0.325. The average molecular weight is 512 g/mol. The minimum atomic E-state index is -6.40. The van der Waals surface area contributed by atoms with Crippen LogP contribution in [0.3, 0.4) is 0 Å². The number of nitrogens with zero attached hydrogens (tertiary/aromatic N) is 1. The van der Waals surface area contributed by atoms with E-state index in [-0.39, 0.29) is 20.1 Å². The van der Waals surface area contributed by atoms with Gasteiger partial charge in [0.05, 0.1) is 0 Å². The Morgan fingerprint density at radius 2 is 1.68 bits per heavy atom. The number of halogens is 9. The summed E-state index contributed by atoms with van der Waals surface area (Å²) in [4.78, 5) is 3.28. The number of pyridine rings is 1. The lowest BCUT2D eigenvalue weighted by Crippen LogP contribution is -2.49. The lowest BCUT2D eigenvalue weighted by Gasteiger charge is -2.28. The summed E-state index contributed by atoms with van der Waals surface area (Å²) in [6.45, 7) is 0. The lowest BCUT2D eigenvalue weighted by molar-refractivity contribution is -0.330. The van der Waals surface area contributed by atoms with Crippen LogP contribution in [-0.2, 0) is 0 Å². The number of aromatic nitrogens is 1. The monoisotopic (exact) mass is 510 g/mol. The Morgan fingerprint density at radius 3 is 2.20 bits per heavy atom. The summed E-state index contributed by atoms with van der Waals surface area (Å²) in [5.41, 5.74) is 0.214. The fraction of sp³-hybridized carbons (Fsp3) is 0.214. The minimum Gasteiger partial charge on any atom is -0.264 e. The lowest BCUT2D eigenvalue weighted by atomic mass is 10.1. The summed E-state index contributed by atoms with van der Waals surface area (Å²) in [6, 6.07) is 6.56. The summed E-state index contributed by atoms with van der Waals surface area (Å²) < 4.78 is 91.1. The Hall–Kier alpha value is -0.810.